The van der Waals surface area contributed by atoms with Crippen molar-refractivity contribution in [1.82, 2.24) is 0 Å². The SMILES string of the molecule is COC(=O)c1cc(/C=N/N=O)ccc1Cl. The van der Waals surface area contributed by atoms with Crippen LogP contribution in [0.2, 0.25) is 5.02 Å². The van der Waals surface area contributed by atoms with Gasteiger partial charge in [0, 0.05) is 0 Å². The van der Waals surface area contributed by atoms with E-state index in [9.17, 15) is 9.70 Å². The first-order chi connectivity index (χ1) is 7.19. The molecule has 6 heteroatoms. The third kappa shape index (κ3) is 2.85. The maximum Gasteiger partial charge on any atom is 0.339 e. The predicted octanol–water partition coefficient (Wildman–Crippen LogP) is 2.23. The molecule has 0 aliphatic rings. The van der Waals surface area contributed by atoms with E-state index in [1.807, 2.05) is 0 Å². The molecule has 0 N–H and O–H groups in total. The van der Waals surface area contributed by atoms with Crippen molar-refractivity contribution < 1.29 is 9.53 Å². The van der Waals surface area contributed by atoms with E-state index >= 15 is 0 Å². The van der Waals surface area contributed by atoms with Crippen LogP contribution in [0.25, 0.3) is 0 Å². The monoisotopic (exact) mass is 226 g/mol. The summed E-state index contributed by atoms with van der Waals surface area (Å²) in [5, 5.41) is 5.74. The summed E-state index contributed by atoms with van der Waals surface area (Å²) in [6.07, 6.45) is 1.22. The summed E-state index contributed by atoms with van der Waals surface area (Å²) >= 11 is 5.77. The molecule has 0 unspecified atom stereocenters. The average molecular weight is 227 g/mol. The molecule has 0 radical (unpaired) electrons. The van der Waals surface area contributed by atoms with Crippen LogP contribution in [0, 0.1) is 4.91 Å². The molecule has 15 heavy (non-hydrogen) atoms. The number of rotatable bonds is 3. The number of nitrogens with zero attached hydrogens (tertiary/aromatic N) is 2. The van der Waals surface area contributed by atoms with Crippen molar-refractivity contribution in [2.75, 3.05) is 7.11 Å². The summed E-state index contributed by atoms with van der Waals surface area (Å²) in [7, 11) is 1.26. The molecule has 0 fully saturated rings. The van der Waals surface area contributed by atoms with Crippen LogP contribution in [0.5, 0.6) is 0 Å². The maximum atomic E-state index is 11.2. The van der Waals surface area contributed by atoms with Crippen molar-refractivity contribution in [2.45, 2.75) is 0 Å². The number of hydrogen-bond donors (Lipinski definition) is 0. The molecule has 0 heterocycles. The van der Waals surface area contributed by atoms with Gasteiger partial charge in [0.15, 0.2) is 0 Å². The van der Waals surface area contributed by atoms with Crippen molar-refractivity contribution in [3.05, 3.63) is 39.3 Å². The molecular weight excluding hydrogens is 220 g/mol. The zero-order valence-electron chi connectivity index (χ0n) is 7.81. The Balaban J connectivity index is 3.10. The summed E-state index contributed by atoms with van der Waals surface area (Å²) in [6, 6.07) is 4.58. The van der Waals surface area contributed by atoms with Gasteiger partial charge >= 0.3 is 5.97 Å². The van der Waals surface area contributed by atoms with E-state index in [1.54, 1.807) is 6.07 Å². The lowest BCUT2D eigenvalue weighted by molar-refractivity contribution is 0.0601. The van der Waals surface area contributed by atoms with Gasteiger partial charge in [-0.1, -0.05) is 17.7 Å². The normalized spacial score (nSPS) is 10.3. The van der Waals surface area contributed by atoms with Crippen LogP contribution in [0.4, 0.5) is 0 Å². The summed E-state index contributed by atoms with van der Waals surface area (Å²) < 4.78 is 4.52. The van der Waals surface area contributed by atoms with Gasteiger partial charge in [0.2, 0.25) is 0 Å². The minimum Gasteiger partial charge on any atom is -0.465 e. The highest BCUT2D eigenvalue weighted by Gasteiger charge is 2.10. The second kappa shape index (κ2) is 5.21. The minimum atomic E-state index is -0.547. The fourth-order valence-corrected chi connectivity index (χ4v) is 1.17. The Morgan fingerprint density at radius 3 is 2.87 bits per heavy atom. The smallest absolute Gasteiger partial charge is 0.339 e. The number of ether oxygens (including phenoxy) is 1. The molecule has 0 aliphatic carbocycles. The third-order valence-corrected chi connectivity index (χ3v) is 1.98. The first-order valence-corrected chi connectivity index (χ1v) is 4.30. The van der Waals surface area contributed by atoms with E-state index in [4.69, 9.17) is 11.6 Å². The van der Waals surface area contributed by atoms with Gasteiger partial charge in [-0.25, -0.2) is 4.79 Å². The minimum absolute atomic E-state index is 0.217. The molecule has 0 aromatic heterocycles. The first kappa shape index (κ1) is 11.3. The van der Waals surface area contributed by atoms with Gasteiger partial charge in [0.25, 0.3) is 0 Å². The van der Waals surface area contributed by atoms with Crippen LogP contribution in [0.15, 0.2) is 28.6 Å². The second-order valence-electron chi connectivity index (χ2n) is 2.56. The van der Waals surface area contributed by atoms with E-state index in [0.717, 1.165) is 0 Å². The number of methoxy groups -OCH3 is 1. The number of nitroso groups, excluding NO2 is 1. The summed E-state index contributed by atoms with van der Waals surface area (Å²) in [4.78, 5) is 21.0. The van der Waals surface area contributed by atoms with E-state index < -0.39 is 5.97 Å². The van der Waals surface area contributed by atoms with Crippen LogP contribution < -0.4 is 0 Å². The van der Waals surface area contributed by atoms with Crippen molar-refractivity contribution in [3.8, 4) is 0 Å². The predicted molar refractivity (Wildman–Crippen MR) is 56.2 cm³/mol. The summed E-state index contributed by atoms with van der Waals surface area (Å²) in [6.45, 7) is 0. The van der Waals surface area contributed by atoms with Gasteiger partial charge in [-0.05, 0) is 17.7 Å². The summed E-state index contributed by atoms with van der Waals surface area (Å²) in [5.41, 5.74) is 0.758. The fourth-order valence-electron chi connectivity index (χ4n) is 0.980. The van der Waals surface area contributed by atoms with Crippen molar-refractivity contribution in [2.24, 2.45) is 10.4 Å². The van der Waals surface area contributed by atoms with Gasteiger partial charge < -0.3 is 4.74 Å². The Labute approximate surface area is 90.7 Å². The molecule has 1 aromatic rings. The highest BCUT2D eigenvalue weighted by atomic mass is 35.5. The molecule has 0 saturated heterocycles. The molecule has 0 saturated carbocycles. The van der Waals surface area contributed by atoms with Gasteiger partial charge in [0.1, 0.15) is 0 Å². The Morgan fingerprint density at radius 2 is 2.27 bits per heavy atom. The lowest BCUT2D eigenvalue weighted by Gasteiger charge is -2.02. The van der Waals surface area contributed by atoms with Crippen molar-refractivity contribution >= 4 is 23.8 Å². The van der Waals surface area contributed by atoms with Crippen LogP contribution in [-0.4, -0.2) is 19.3 Å². The van der Waals surface area contributed by atoms with Crippen molar-refractivity contribution in [1.29, 1.82) is 0 Å². The van der Waals surface area contributed by atoms with E-state index in [2.05, 4.69) is 15.1 Å². The maximum absolute atomic E-state index is 11.2. The molecule has 78 valence electrons. The number of hydrogen-bond acceptors (Lipinski definition) is 4. The lowest BCUT2D eigenvalue weighted by atomic mass is 10.1. The van der Waals surface area contributed by atoms with Gasteiger partial charge in [0.05, 0.1) is 29.2 Å². The van der Waals surface area contributed by atoms with E-state index in [-0.39, 0.29) is 10.6 Å². The molecule has 0 bridgehead atoms. The highest BCUT2D eigenvalue weighted by molar-refractivity contribution is 6.33. The number of carbonyl (C=O) groups is 1. The molecule has 0 amide bonds. The van der Waals surface area contributed by atoms with Crippen LogP contribution in [-0.2, 0) is 4.74 Å². The molecule has 1 aromatic carbocycles. The van der Waals surface area contributed by atoms with Crippen LogP contribution in [0.3, 0.4) is 0 Å². The fraction of sp³-hybridized carbons (Fsp3) is 0.111. The van der Waals surface area contributed by atoms with Gasteiger partial charge in [-0.2, -0.15) is 0 Å². The zero-order chi connectivity index (χ0) is 11.3. The topological polar surface area (TPSA) is 68.1 Å². The molecule has 0 spiro atoms. The van der Waals surface area contributed by atoms with Crippen LogP contribution in [0.1, 0.15) is 15.9 Å². The quantitative estimate of drug-likeness (QED) is 0.343. The largest absolute Gasteiger partial charge is 0.465 e. The number of esters is 1. The standard InChI is InChI=1S/C9H7ClN2O3/c1-15-9(13)7-4-6(5-11-12-14)2-3-8(7)10/h2-5H,1H3/b11-5+. The molecular formula is C9H7ClN2O3. The average Bonchev–Trinajstić information content (AvgIpc) is 2.27. The van der Waals surface area contributed by atoms with Crippen molar-refractivity contribution in [3.63, 3.8) is 0 Å². The first-order valence-electron chi connectivity index (χ1n) is 3.92. The van der Waals surface area contributed by atoms with Gasteiger partial charge in [-0.15, -0.1) is 10.0 Å². The third-order valence-electron chi connectivity index (χ3n) is 1.65. The molecule has 5 nitrogen and oxygen atoms in total. The number of halogens is 1. The molecule has 1 rings (SSSR count). The zero-order valence-corrected chi connectivity index (χ0v) is 8.56. The van der Waals surface area contributed by atoms with Crippen LogP contribution >= 0.6 is 11.6 Å². The Kier molecular flexibility index (Phi) is 3.93. The number of carbonyl (C=O) groups excluding carboxylic acids is 1. The van der Waals surface area contributed by atoms with E-state index in [0.29, 0.717) is 5.56 Å². The Morgan fingerprint density at radius 1 is 1.53 bits per heavy atom. The van der Waals surface area contributed by atoms with E-state index in [1.165, 1.54) is 25.5 Å². The Bertz CT molecular complexity index is 418. The highest BCUT2D eigenvalue weighted by Crippen LogP contribution is 2.17. The molecule has 0 atom stereocenters. The number of benzene rings is 1. The summed E-state index contributed by atoms with van der Waals surface area (Å²) in [5.74, 6) is -0.547. The second-order valence-corrected chi connectivity index (χ2v) is 2.96. The molecule has 0 aliphatic heterocycles. The Hall–Kier alpha value is -1.75. The van der Waals surface area contributed by atoms with Gasteiger partial charge in [-0.3, -0.25) is 0 Å². The lowest BCUT2D eigenvalue weighted by Crippen LogP contribution is -2.02.